The number of methoxy groups -OCH3 is 2. The Balaban J connectivity index is 0.521. The molecule has 618 valence electrons. The molecule has 16 rings (SSSR count). The minimum absolute atomic E-state index is 0.0955. The average molecular weight is 1680 g/mol. The molecule has 2 unspecified atom stereocenters. The Morgan fingerprint density at radius 2 is 0.917 bits per heavy atom. The number of ether oxygens (including phenoxy) is 9. The number of hydrogen-bond donors (Lipinski definition) is 3. The van der Waals surface area contributed by atoms with Crippen LogP contribution in [0.5, 0.6) is 51.7 Å². The molecule has 0 aliphatic carbocycles. The van der Waals surface area contributed by atoms with Crippen molar-refractivity contribution in [2.45, 2.75) is 124 Å². The summed E-state index contributed by atoms with van der Waals surface area (Å²) in [5, 5.41) is 17.0. The van der Waals surface area contributed by atoms with E-state index >= 15 is 0 Å². The molecule has 121 heavy (non-hydrogen) atoms. The van der Waals surface area contributed by atoms with Crippen LogP contribution >= 0.6 is 34.0 Å². The standard InChI is InChI=1S/C96H92FN9O12S3/c1-61(71-24-13-63(14-25-71)43-96(3,4)76-27-15-64(16-28-76)46-104(47-65-17-29-77(97)30-18-65)51-90-101-80(55-119-90)93(107)98-44-67-21-34-83-87(38-67)116-58-113-83)100-95(109)82-57-120-91(103-82)52-105(49-69-23-36-85-89(40-69)118-60-115-85)48-66-19-31-78(32-20-66)112-54-70-9-7-11-73(37-70)74-12-8-10-72(41-74)62(2)106(50-75-26-33-79(110-5)42-86(75)111-6)53-92-102-81(56-121-92)94(108)99-45-68-22-35-84-88(39-68)117-59-114-84/h7-42,55-57,61-62H,43-54,58-60H2,1-6H3,(H,98,107)(H,99,108)(H,100,109). The van der Waals surface area contributed by atoms with Gasteiger partial charge in [0.2, 0.25) is 20.4 Å². The van der Waals surface area contributed by atoms with Gasteiger partial charge >= 0.3 is 0 Å². The molecule has 0 saturated carbocycles. The Morgan fingerprint density at radius 1 is 0.446 bits per heavy atom. The largest absolute Gasteiger partial charge is 0.497 e. The molecule has 0 saturated heterocycles. The van der Waals surface area contributed by atoms with Gasteiger partial charge < -0.3 is 58.6 Å². The zero-order valence-corrected chi connectivity index (χ0v) is 70.4. The maximum atomic E-state index is 14.0. The van der Waals surface area contributed by atoms with Crippen molar-refractivity contribution in [2.75, 3.05) is 34.6 Å². The van der Waals surface area contributed by atoms with Gasteiger partial charge in [-0.1, -0.05) is 147 Å². The predicted molar refractivity (Wildman–Crippen MR) is 464 cm³/mol. The Kier molecular flexibility index (Phi) is 25.7. The third-order valence-corrected chi connectivity index (χ3v) is 24.2. The Morgan fingerprint density at radius 3 is 1.48 bits per heavy atom. The highest BCUT2D eigenvalue weighted by atomic mass is 32.1. The number of amides is 3. The van der Waals surface area contributed by atoms with Crippen LogP contribution in [0.4, 0.5) is 4.39 Å². The molecule has 0 fully saturated rings. The van der Waals surface area contributed by atoms with Crippen LogP contribution in [-0.4, -0.2) is 82.0 Å². The van der Waals surface area contributed by atoms with Crippen LogP contribution in [0.25, 0.3) is 11.1 Å². The molecule has 3 N–H and O–H groups in total. The molecule has 0 spiro atoms. The lowest BCUT2D eigenvalue weighted by molar-refractivity contribution is 0.0929. The molecular weight excluding hydrogens is 1590 g/mol. The second-order valence-corrected chi connectivity index (χ2v) is 33.8. The van der Waals surface area contributed by atoms with Gasteiger partial charge in [-0.2, -0.15) is 0 Å². The minimum atomic E-state index is -0.290. The minimum Gasteiger partial charge on any atom is -0.497 e. The van der Waals surface area contributed by atoms with Crippen LogP contribution in [0.2, 0.25) is 0 Å². The van der Waals surface area contributed by atoms with Crippen molar-refractivity contribution in [1.82, 2.24) is 45.6 Å². The Hall–Kier alpha value is -12.5. The van der Waals surface area contributed by atoms with E-state index in [0.717, 1.165) is 99.7 Å². The van der Waals surface area contributed by atoms with E-state index in [1.54, 1.807) is 31.7 Å². The van der Waals surface area contributed by atoms with Crippen molar-refractivity contribution >= 4 is 51.7 Å². The second kappa shape index (κ2) is 37.8. The number of nitrogens with one attached hydrogen (secondary N) is 3. The van der Waals surface area contributed by atoms with Crippen molar-refractivity contribution < 1.29 is 61.4 Å². The fourth-order valence-corrected chi connectivity index (χ4v) is 17.5. The molecule has 21 nitrogen and oxygen atoms in total. The molecular formula is C96H92FN9O12S3. The average Bonchev–Trinajstić information content (AvgIpc) is 1.75. The van der Waals surface area contributed by atoms with Crippen molar-refractivity contribution in [3.05, 3.63) is 339 Å². The van der Waals surface area contributed by atoms with E-state index in [1.807, 2.05) is 96.5 Å². The number of thiazole rings is 3. The summed E-state index contributed by atoms with van der Waals surface area (Å²) >= 11 is 4.36. The number of nitrogens with zero attached hydrogens (tertiary/aromatic N) is 6. The smallest absolute Gasteiger partial charge is 0.271 e. The zero-order valence-electron chi connectivity index (χ0n) is 68.0. The number of aromatic nitrogens is 3. The molecule has 0 radical (unpaired) electrons. The number of hydrogen-bond acceptors (Lipinski definition) is 21. The lowest BCUT2D eigenvalue weighted by atomic mass is 9.79. The highest BCUT2D eigenvalue weighted by Crippen LogP contribution is 2.39. The van der Waals surface area contributed by atoms with Gasteiger partial charge in [-0.25, -0.2) is 19.3 Å². The maximum absolute atomic E-state index is 14.0. The summed E-state index contributed by atoms with van der Waals surface area (Å²) in [4.78, 5) is 62.2. The molecule has 3 aliphatic heterocycles. The van der Waals surface area contributed by atoms with Gasteiger partial charge in [-0.3, -0.25) is 29.1 Å². The van der Waals surface area contributed by atoms with Gasteiger partial charge in [0, 0.05) is 79.6 Å². The van der Waals surface area contributed by atoms with Crippen LogP contribution in [0.15, 0.2) is 235 Å². The van der Waals surface area contributed by atoms with Crippen LogP contribution in [0, 0.1) is 5.82 Å². The summed E-state index contributed by atoms with van der Waals surface area (Å²) in [6.45, 7) is 14.5. The van der Waals surface area contributed by atoms with E-state index in [2.05, 4.69) is 167 Å². The summed E-state index contributed by atoms with van der Waals surface area (Å²) in [5.41, 5.74) is 15.4. The normalized spacial score (nSPS) is 13.0. The number of benzene rings is 10. The molecule has 0 bridgehead atoms. The molecule has 6 heterocycles. The first-order valence-corrected chi connectivity index (χ1v) is 42.6. The lowest BCUT2D eigenvalue weighted by Gasteiger charge is -2.30. The van der Waals surface area contributed by atoms with Gasteiger partial charge in [-0.15, -0.1) is 34.0 Å². The zero-order chi connectivity index (χ0) is 83.4. The van der Waals surface area contributed by atoms with Gasteiger partial charge in [0.1, 0.15) is 61.8 Å². The van der Waals surface area contributed by atoms with Crippen LogP contribution in [0.1, 0.15) is 153 Å². The van der Waals surface area contributed by atoms with Crippen molar-refractivity contribution in [3.8, 4) is 62.9 Å². The summed E-state index contributed by atoms with van der Waals surface area (Å²) < 4.78 is 65.4. The van der Waals surface area contributed by atoms with E-state index in [-0.39, 0.29) is 61.4 Å². The second-order valence-electron chi connectivity index (χ2n) is 30.9. The third kappa shape index (κ3) is 21.0. The maximum Gasteiger partial charge on any atom is 0.271 e. The van der Waals surface area contributed by atoms with Crippen molar-refractivity contribution in [1.29, 1.82) is 0 Å². The molecule has 25 heteroatoms. The lowest BCUT2D eigenvalue weighted by Crippen LogP contribution is -2.27. The number of carbonyl (C=O) groups is 3. The van der Waals surface area contributed by atoms with Gasteiger partial charge in [0.25, 0.3) is 17.7 Å². The molecule has 2 atom stereocenters. The van der Waals surface area contributed by atoms with E-state index in [9.17, 15) is 18.8 Å². The van der Waals surface area contributed by atoms with E-state index in [0.29, 0.717) is 129 Å². The van der Waals surface area contributed by atoms with Gasteiger partial charge in [0.05, 0.1) is 39.9 Å². The van der Waals surface area contributed by atoms with Crippen LogP contribution in [0.3, 0.4) is 0 Å². The number of halogens is 1. The fraction of sp³-hybridized carbons (Fsp3) is 0.250. The van der Waals surface area contributed by atoms with E-state index in [4.69, 9.17) is 57.6 Å². The molecule has 3 aromatic heterocycles. The van der Waals surface area contributed by atoms with Gasteiger partial charge in [0.15, 0.2) is 34.5 Å². The van der Waals surface area contributed by atoms with Crippen LogP contribution < -0.4 is 58.6 Å². The van der Waals surface area contributed by atoms with E-state index in [1.165, 1.54) is 57.3 Å². The molecule has 3 amide bonds. The Labute approximate surface area is 714 Å². The van der Waals surface area contributed by atoms with E-state index < -0.39 is 0 Å². The number of fused-ring (bicyclic) bond motifs is 3. The summed E-state index contributed by atoms with van der Waals surface area (Å²) in [7, 11) is 3.30. The highest BCUT2D eigenvalue weighted by Gasteiger charge is 2.27. The molecule has 13 aromatic rings. The van der Waals surface area contributed by atoms with Gasteiger partial charge in [-0.05, 0) is 177 Å². The van der Waals surface area contributed by atoms with Crippen molar-refractivity contribution in [2.24, 2.45) is 0 Å². The first-order chi connectivity index (χ1) is 58.9. The Bertz CT molecular complexity index is 5810. The van der Waals surface area contributed by atoms with Crippen molar-refractivity contribution in [3.63, 3.8) is 0 Å². The summed E-state index contributed by atoms with van der Waals surface area (Å²) in [6, 6.07) is 71.8. The number of rotatable bonds is 36. The quantitative estimate of drug-likeness (QED) is 0.0332. The predicted octanol–water partition coefficient (Wildman–Crippen LogP) is 18.7. The topological polar surface area (TPSA) is 219 Å². The third-order valence-electron chi connectivity index (χ3n) is 21.7. The highest BCUT2D eigenvalue weighted by molar-refractivity contribution is 7.10. The summed E-state index contributed by atoms with van der Waals surface area (Å²) in [6.07, 6.45) is 0.785. The number of carbonyl (C=O) groups excluding carboxylic acids is 3. The summed E-state index contributed by atoms with van der Waals surface area (Å²) in [5.74, 6) is 5.21. The fourth-order valence-electron chi connectivity index (χ4n) is 15.0. The monoisotopic (exact) mass is 1680 g/mol. The molecule has 3 aliphatic rings. The SMILES string of the molecule is COc1ccc(CN(Cc2nc(C(=O)NCc3ccc4c(c3)OCO4)cs2)C(C)c2cccc(-c3cccc(COc4ccc(CN(Cc5ccc6c(c5)OCO6)Cc5nc(C(=O)NC(C)c6ccc(CC(C)(C)c7ccc(CN(Cc8ccc(F)cc8)Cc8nc(C(=O)NCc9ccc%10c(c9)OCO%10)cs8)cc7)cc6)cs5)cc4)c3)c2)c(OC)c1. The molecule has 10 aromatic carbocycles. The van der Waals surface area contributed by atoms with Crippen LogP contribution in [-0.2, 0) is 83.9 Å². The first kappa shape index (κ1) is 82.2. The first-order valence-electron chi connectivity index (χ1n) is 40.0.